The molecular formula is C21H30N6O6. The van der Waals surface area contributed by atoms with Gasteiger partial charge in [-0.2, -0.15) is 5.26 Å². The number of unbranched alkanes of at least 4 members (excludes halogenated alkanes) is 1. The number of nitrogens with zero attached hydrogens (tertiary/aromatic N) is 4. The fourth-order valence-electron chi connectivity index (χ4n) is 2.28. The summed E-state index contributed by atoms with van der Waals surface area (Å²) < 4.78 is 15.0. The molecule has 0 aromatic rings. The van der Waals surface area contributed by atoms with Crippen LogP contribution in [0.4, 0.5) is 9.59 Å². The number of ether oxygens (including phenoxy) is 3. The van der Waals surface area contributed by atoms with Gasteiger partial charge >= 0.3 is 18.2 Å². The van der Waals surface area contributed by atoms with Gasteiger partial charge in [-0.3, -0.25) is 0 Å². The number of allylic oxidation sites excluding steroid dienone is 1. The lowest BCUT2D eigenvalue weighted by atomic mass is 10.1. The molecule has 0 aliphatic heterocycles. The average Bonchev–Trinajstić information content (AvgIpc) is 2.74. The van der Waals surface area contributed by atoms with E-state index in [1.54, 1.807) is 26.8 Å². The molecule has 0 aliphatic carbocycles. The Morgan fingerprint density at radius 2 is 1.88 bits per heavy atom. The van der Waals surface area contributed by atoms with Gasteiger partial charge in [0.05, 0.1) is 0 Å². The summed E-state index contributed by atoms with van der Waals surface area (Å²) in [6, 6.07) is 0.687. The zero-order valence-electron chi connectivity index (χ0n) is 19.1. The lowest BCUT2D eigenvalue weighted by Crippen LogP contribution is -2.44. The van der Waals surface area contributed by atoms with E-state index in [1.165, 1.54) is 12.2 Å². The molecule has 180 valence electrons. The highest BCUT2D eigenvalue weighted by atomic mass is 16.6. The summed E-state index contributed by atoms with van der Waals surface area (Å²) in [6.07, 6.45) is 2.34. The first-order chi connectivity index (χ1) is 15.6. The Kier molecular flexibility index (Phi) is 13.9. The van der Waals surface area contributed by atoms with Gasteiger partial charge in [0.25, 0.3) is 0 Å². The van der Waals surface area contributed by atoms with Crippen LogP contribution in [-0.2, 0) is 19.0 Å². The summed E-state index contributed by atoms with van der Waals surface area (Å²) in [5.41, 5.74) is 8.37. The van der Waals surface area contributed by atoms with Crippen molar-refractivity contribution in [1.82, 2.24) is 10.6 Å². The van der Waals surface area contributed by atoms with Crippen LogP contribution in [0.5, 0.6) is 0 Å². The molecule has 2 amide bonds. The number of carbonyl (C=O) groups excluding carboxylic acids is 3. The first-order valence-corrected chi connectivity index (χ1v) is 10.0. The van der Waals surface area contributed by atoms with Gasteiger partial charge in [0.15, 0.2) is 6.61 Å². The van der Waals surface area contributed by atoms with Crippen molar-refractivity contribution in [3.63, 3.8) is 0 Å². The molecule has 12 heteroatoms. The predicted octanol–water partition coefficient (Wildman–Crippen LogP) is 3.78. The Morgan fingerprint density at radius 3 is 2.42 bits per heavy atom. The molecule has 0 saturated heterocycles. The van der Waals surface area contributed by atoms with Gasteiger partial charge in [0.1, 0.15) is 24.3 Å². The minimum absolute atomic E-state index is 0.164. The van der Waals surface area contributed by atoms with Crippen LogP contribution in [-0.4, -0.2) is 49.6 Å². The van der Waals surface area contributed by atoms with Crippen LogP contribution in [0.1, 0.15) is 40.0 Å². The summed E-state index contributed by atoms with van der Waals surface area (Å²) in [4.78, 5) is 38.6. The molecular weight excluding hydrogens is 432 g/mol. The Hall–Kier alpha value is -3.97. The maximum absolute atomic E-state index is 12.1. The van der Waals surface area contributed by atoms with E-state index >= 15 is 0 Å². The maximum Gasteiger partial charge on any atom is 0.408 e. The number of nitriles is 1. The number of carbonyl (C=O) groups is 3. The van der Waals surface area contributed by atoms with Gasteiger partial charge in [0.2, 0.25) is 0 Å². The summed E-state index contributed by atoms with van der Waals surface area (Å²) in [6.45, 7) is 11.8. The Balaban J connectivity index is 4.59. The van der Waals surface area contributed by atoms with E-state index in [9.17, 15) is 14.4 Å². The Labute approximate surface area is 192 Å². The zero-order chi connectivity index (χ0) is 25.3. The van der Waals surface area contributed by atoms with E-state index in [-0.39, 0.29) is 25.3 Å². The molecule has 0 radical (unpaired) electrons. The van der Waals surface area contributed by atoms with Crippen molar-refractivity contribution in [3.05, 3.63) is 47.0 Å². The van der Waals surface area contributed by atoms with Gasteiger partial charge in [-0.1, -0.05) is 30.4 Å². The maximum atomic E-state index is 12.1. The number of rotatable bonds is 13. The predicted molar refractivity (Wildman–Crippen MR) is 119 cm³/mol. The average molecular weight is 463 g/mol. The molecule has 1 atom stereocenters. The van der Waals surface area contributed by atoms with Crippen LogP contribution >= 0.6 is 0 Å². The monoisotopic (exact) mass is 462 g/mol. The fraction of sp³-hybridized carbons (Fsp3) is 0.524. The third kappa shape index (κ3) is 13.9. The van der Waals surface area contributed by atoms with E-state index in [2.05, 4.69) is 33.8 Å². The molecule has 0 rings (SSSR count). The smallest absolute Gasteiger partial charge is 0.408 e. The number of hydrogen-bond donors (Lipinski definition) is 2. The van der Waals surface area contributed by atoms with Crippen molar-refractivity contribution in [3.8, 4) is 6.07 Å². The molecule has 0 aliphatic rings. The van der Waals surface area contributed by atoms with Crippen molar-refractivity contribution in [2.45, 2.75) is 51.7 Å². The standard InChI is InChI=1S/C21H30N6O6/c1-6-15(16(7-2)26-27-23)14-32-19(29)24-12-9-8-10-17(18(28)31-13-11-22)25-20(30)33-21(3,4)5/h6-7,17H,1-2,8-10,12-14H2,3-5H3,(H,24,29)(H,25,30)/b16-15-/t17-/m0/s1. The van der Waals surface area contributed by atoms with Crippen molar-refractivity contribution in [1.29, 1.82) is 5.26 Å². The van der Waals surface area contributed by atoms with Crippen LogP contribution < -0.4 is 10.6 Å². The van der Waals surface area contributed by atoms with Gasteiger partial charge in [0, 0.05) is 17.2 Å². The fourth-order valence-corrected chi connectivity index (χ4v) is 2.28. The van der Waals surface area contributed by atoms with Crippen LogP contribution in [0.15, 0.2) is 41.7 Å². The molecule has 0 fully saturated rings. The second kappa shape index (κ2) is 15.8. The SMILES string of the molecule is C=C/C(COC(=O)NCCCC[C@H](NC(=O)OC(C)(C)C)C(=O)OCC#N)=C(\C=C)N=[N+]=[N-]. The quantitative estimate of drug-likeness (QED) is 0.0795. The molecule has 0 aromatic carbocycles. The summed E-state index contributed by atoms with van der Waals surface area (Å²) in [7, 11) is 0. The summed E-state index contributed by atoms with van der Waals surface area (Å²) >= 11 is 0. The second-order valence-corrected chi connectivity index (χ2v) is 7.47. The molecule has 0 aromatic heterocycles. The van der Waals surface area contributed by atoms with Gasteiger partial charge in [-0.15, -0.1) is 0 Å². The molecule has 12 nitrogen and oxygen atoms in total. The molecule has 0 bridgehead atoms. The highest BCUT2D eigenvalue weighted by molar-refractivity contribution is 5.81. The minimum Gasteiger partial charge on any atom is -0.449 e. The normalized spacial score (nSPS) is 11.9. The van der Waals surface area contributed by atoms with E-state index < -0.39 is 36.4 Å². The second-order valence-electron chi connectivity index (χ2n) is 7.47. The largest absolute Gasteiger partial charge is 0.449 e. The lowest BCUT2D eigenvalue weighted by molar-refractivity contribution is -0.145. The van der Waals surface area contributed by atoms with Crippen LogP contribution in [0.3, 0.4) is 0 Å². The number of nitrogens with one attached hydrogen (secondary N) is 2. The summed E-state index contributed by atoms with van der Waals surface area (Å²) in [5.74, 6) is -0.753. The highest BCUT2D eigenvalue weighted by Gasteiger charge is 2.25. The number of esters is 1. The van der Waals surface area contributed by atoms with Crippen molar-refractivity contribution in [2.24, 2.45) is 5.11 Å². The van der Waals surface area contributed by atoms with E-state index in [0.717, 1.165) is 0 Å². The van der Waals surface area contributed by atoms with Crippen LogP contribution in [0.25, 0.3) is 10.4 Å². The lowest BCUT2D eigenvalue weighted by Gasteiger charge is -2.22. The van der Waals surface area contributed by atoms with Crippen LogP contribution in [0.2, 0.25) is 0 Å². The third-order valence-electron chi connectivity index (χ3n) is 3.72. The highest BCUT2D eigenvalue weighted by Crippen LogP contribution is 2.11. The van der Waals surface area contributed by atoms with Crippen molar-refractivity contribution in [2.75, 3.05) is 19.8 Å². The zero-order valence-corrected chi connectivity index (χ0v) is 19.1. The molecule has 0 spiro atoms. The number of alkyl carbamates (subject to hydrolysis) is 2. The van der Waals surface area contributed by atoms with Gasteiger partial charge in [-0.25, -0.2) is 14.4 Å². The Bertz CT molecular complexity index is 833. The molecule has 0 unspecified atom stereocenters. The van der Waals surface area contributed by atoms with Crippen LogP contribution in [0, 0.1) is 11.3 Å². The number of amides is 2. The van der Waals surface area contributed by atoms with Gasteiger partial charge < -0.3 is 24.8 Å². The van der Waals surface area contributed by atoms with E-state index in [4.69, 9.17) is 25.0 Å². The molecule has 0 saturated carbocycles. The molecule has 0 heterocycles. The number of azide groups is 1. The minimum atomic E-state index is -1.00. The van der Waals surface area contributed by atoms with E-state index in [0.29, 0.717) is 18.4 Å². The number of hydrogen-bond acceptors (Lipinski definition) is 8. The molecule has 2 N–H and O–H groups in total. The van der Waals surface area contributed by atoms with E-state index in [1.807, 2.05) is 0 Å². The van der Waals surface area contributed by atoms with Gasteiger partial charge in [-0.05, 0) is 51.1 Å². The summed E-state index contributed by atoms with van der Waals surface area (Å²) in [5, 5.41) is 17.0. The Morgan fingerprint density at radius 1 is 1.18 bits per heavy atom. The van der Waals surface area contributed by atoms with Crippen molar-refractivity contribution < 1.29 is 28.6 Å². The first kappa shape index (κ1) is 29.0. The van der Waals surface area contributed by atoms with Crippen molar-refractivity contribution >= 4 is 18.2 Å². The third-order valence-corrected chi connectivity index (χ3v) is 3.72. The molecule has 33 heavy (non-hydrogen) atoms. The topological polar surface area (TPSA) is 176 Å². The first-order valence-electron chi connectivity index (χ1n) is 10.0.